The number of imide groups is 1. The van der Waals surface area contributed by atoms with Gasteiger partial charge in [0.1, 0.15) is 6.17 Å². The molecule has 0 radical (unpaired) electrons. The molecule has 2 amide bonds. The lowest BCUT2D eigenvalue weighted by Crippen LogP contribution is -2.50. The number of aromatic nitrogens is 2. The standard InChI is InChI=1S/C23H31FN6O2/c1-28-22-16(21(27-28)17-5-6-20(31)26-23(17)32)3-2-4-19(22)30-11-9-29(10-12-30)14-15-7-8-25-13-18(15)24/h2-4,15,17-18,25H,5-14H2,1H3,(H,26,31,32)/t15-,17?,18+/m0/s1. The predicted octanol–water partition coefficient (Wildman–Crippen LogP) is 1.16. The molecule has 2 aromatic rings. The lowest BCUT2D eigenvalue weighted by molar-refractivity contribution is -0.134. The molecule has 4 heterocycles. The lowest BCUT2D eigenvalue weighted by atomic mass is 9.92. The molecule has 0 spiro atoms. The number of para-hydroxylation sites is 1. The third-order valence-corrected chi connectivity index (χ3v) is 7.19. The average molecular weight is 443 g/mol. The molecule has 172 valence electrons. The molecule has 1 unspecified atom stereocenters. The smallest absolute Gasteiger partial charge is 0.235 e. The van der Waals surface area contributed by atoms with Gasteiger partial charge in [0.15, 0.2) is 0 Å². The molecule has 1 aromatic carbocycles. The summed E-state index contributed by atoms with van der Waals surface area (Å²) in [6.45, 7) is 5.77. The van der Waals surface area contributed by atoms with Crippen molar-refractivity contribution in [2.45, 2.75) is 31.4 Å². The Labute approximate surface area is 187 Å². The highest BCUT2D eigenvalue weighted by Crippen LogP contribution is 2.35. The second kappa shape index (κ2) is 8.78. The van der Waals surface area contributed by atoms with Gasteiger partial charge >= 0.3 is 0 Å². The Morgan fingerprint density at radius 3 is 2.72 bits per heavy atom. The van der Waals surface area contributed by atoms with Crippen LogP contribution >= 0.6 is 0 Å². The number of aryl methyl sites for hydroxylation is 1. The van der Waals surface area contributed by atoms with Crippen molar-refractivity contribution in [3.8, 4) is 0 Å². The van der Waals surface area contributed by atoms with Crippen molar-refractivity contribution < 1.29 is 14.0 Å². The molecule has 3 aliphatic heterocycles. The first kappa shape index (κ1) is 21.3. The van der Waals surface area contributed by atoms with Gasteiger partial charge in [0.05, 0.1) is 22.8 Å². The maximum atomic E-state index is 14.2. The zero-order chi connectivity index (χ0) is 22.2. The van der Waals surface area contributed by atoms with Gasteiger partial charge in [-0.3, -0.25) is 24.5 Å². The molecule has 3 saturated heterocycles. The van der Waals surface area contributed by atoms with Crippen LogP contribution in [-0.4, -0.2) is 78.5 Å². The highest BCUT2D eigenvalue weighted by molar-refractivity contribution is 6.03. The third kappa shape index (κ3) is 3.99. The van der Waals surface area contributed by atoms with Gasteiger partial charge in [-0.2, -0.15) is 5.10 Å². The van der Waals surface area contributed by atoms with E-state index < -0.39 is 12.1 Å². The average Bonchev–Trinajstić information content (AvgIpc) is 3.12. The quantitative estimate of drug-likeness (QED) is 0.692. The summed E-state index contributed by atoms with van der Waals surface area (Å²) in [6.07, 6.45) is 0.980. The number of anilines is 1. The van der Waals surface area contributed by atoms with Gasteiger partial charge < -0.3 is 10.2 Å². The van der Waals surface area contributed by atoms with Gasteiger partial charge in [-0.1, -0.05) is 12.1 Å². The van der Waals surface area contributed by atoms with Crippen molar-refractivity contribution in [3.63, 3.8) is 0 Å². The number of piperazine rings is 1. The Hall–Kier alpha value is -2.52. The van der Waals surface area contributed by atoms with Crippen molar-refractivity contribution in [3.05, 3.63) is 23.9 Å². The van der Waals surface area contributed by atoms with Crippen molar-refractivity contribution in [1.82, 2.24) is 25.3 Å². The minimum absolute atomic E-state index is 0.124. The molecule has 0 bridgehead atoms. The summed E-state index contributed by atoms with van der Waals surface area (Å²) in [5.41, 5.74) is 2.87. The van der Waals surface area contributed by atoms with Crippen LogP contribution in [0.5, 0.6) is 0 Å². The molecule has 2 N–H and O–H groups in total. The number of rotatable bonds is 4. The van der Waals surface area contributed by atoms with Gasteiger partial charge in [-0.15, -0.1) is 0 Å². The molecular weight excluding hydrogens is 411 g/mol. The molecule has 5 rings (SSSR count). The van der Waals surface area contributed by atoms with Crippen molar-refractivity contribution in [1.29, 1.82) is 0 Å². The van der Waals surface area contributed by atoms with Gasteiger partial charge in [0.2, 0.25) is 11.8 Å². The molecule has 0 aliphatic carbocycles. The monoisotopic (exact) mass is 442 g/mol. The zero-order valence-electron chi connectivity index (χ0n) is 18.5. The van der Waals surface area contributed by atoms with E-state index in [1.807, 2.05) is 23.9 Å². The number of hydrogen-bond donors (Lipinski definition) is 2. The van der Waals surface area contributed by atoms with E-state index in [1.165, 1.54) is 0 Å². The highest BCUT2D eigenvalue weighted by Gasteiger charge is 2.33. The first-order valence-corrected chi connectivity index (χ1v) is 11.6. The number of nitrogens with one attached hydrogen (secondary N) is 2. The number of carbonyl (C=O) groups is 2. The second-order valence-electron chi connectivity index (χ2n) is 9.24. The summed E-state index contributed by atoms with van der Waals surface area (Å²) < 4.78 is 16.1. The van der Waals surface area contributed by atoms with E-state index in [1.54, 1.807) is 0 Å². The number of alkyl halides is 1. The maximum Gasteiger partial charge on any atom is 0.235 e. The van der Waals surface area contributed by atoms with Gasteiger partial charge in [0.25, 0.3) is 0 Å². The lowest BCUT2D eigenvalue weighted by Gasteiger charge is -2.39. The number of benzene rings is 1. The number of amides is 2. The van der Waals surface area contributed by atoms with Gasteiger partial charge in [-0.25, -0.2) is 4.39 Å². The van der Waals surface area contributed by atoms with Crippen LogP contribution in [0.1, 0.15) is 30.9 Å². The van der Waals surface area contributed by atoms with Crippen LogP contribution in [0.4, 0.5) is 10.1 Å². The molecular formula is C23H31FN6O2. The molecule has 3 atom stereocenters. The summed E-state index contributed by atoms with van der Waals surface area (Å²) in [6, 6.07) is 6.14. The molecule has 9 heteroatoms. The summed E-state index contributed by atoms with van der Waals surface area (Å²) in [7, 11) is 1.91. The largest absolute Gasteiger partial charge is 0.367 e. The molecule has 3 aliphatic rings. The maximum absolute atomic E-state index is 14.2. The predicted molar refractivity (Wildman–Crippen MR) is 120 cm³/mol. The summed E-state index contributed by atoms with van der Waals surface area (Å²) >= 11 is 0. The van der Waals surface area contributed by atoms with Crippen molar-refractivity contribution in [2.24, 2.45) is 13.0 Å². The number of piperidine rings is 2. The molecule has 0 saturated carbocycles. The van der Waals surface area contributed by atoms with Crippen LogP contribution in [0.15, 0.2) is 18.2 Å². The Bertz CT molecular complexity index is 1020. The summed E-state index contributed by atoms with van der Waals surface area (Å²) in [5.74, 6) is -0.750. The van der Waals surface area contributed by atoms with Crippen LogP contribution in [0.25, 0.3) is 10.9 Å². The van der Waals surface area contributed by atoms with E-state index in [4.69, 9.17) is 5.10 Å². The minimum atomic E-state index is -0.754. The van der Waals surface area contributed by atoms with E-state index in [9.17, 15) is 14.0 Å². The third-order valence-electron chi connectivity index (χ3n) is 7.19. The molecule has 3 fully saturated rings. The van der Waals surface area contributed by atoms with Crippen LogP contribution < -0.4 is 15.5 Å². The zero-order valence-corrected chi connectivity index (χ0v) is 18.5. The second-order valence-corrected chi connectivity index (χ2v) is 9.24. The van der Waals surface area contributed by atoms with Crippen LogP contribution in [0.2, 0.25) is 0 Å². The Balaban J connectivity index is 1.33. The van der Waals surface area contributed by atoms with Crippen LogP contribution in [0.3, 0.4) is 0 Å². The number of fused-ring (bicyclic) bond motifs is 1. The fraction of sp³-hybridized carbons (Fsp3) is 0.609. The molecule has 1 aromatic heterocycles. The van der Waals surface area contributed by atoms with Gasteiger partial charge in [0, 0.05) is 64.0 Å². The number of halogens is 1. The number of nitrogens with zero attached hydrogens (tertiary/aromatic N) is 4. The van der Waals surface area contributed by atoms with Crippen molar-refractivity contribution >= 4 is 28.4 Å². The minimum Gasteiger partial charge on any atom is -0.367 e. The first-order valence-electron chi connectivity index (χ1n) is 11.6. The van der Waals surface area contributed by atoms with E-state index >= 15 is 0 Å². The number of carbonyl (C=O) groups excluding carboxylic acids is 2. The topological polar surface area (TPSA) is 82.5 Å². The molecule has 8 nitrogen and oxygen atoms in total. The fourth-order valence-corrected chi connectivity index (χ4v) is 5.39. The SMILES string of the molecule is Cn1nc(C2CCC(=O)NC2=O)c2cccc(N3CCN(C[C@@H]4CCNC[C@H]4F)CC3)c21. The van der Waals surface area contributed by atoms with E-state index in [-0.39, 0.29) is 17.7 Å². The Morgan fingerprint density at radius 2 is 1.97 bits per heavy atom. The van der Waals surface area contributed by atoms with E-state index in [2.05, 4.69) is 26.5 Å². The summed E-state index contributed by atoms with van der Waals surface area (Å²) in [5, 5.41) is 11.3. The van der Waals surface area contributed by atoms with Crippen molar-refractivity contribution in [2.75, 3.05) is 50.7 Å². The Morgan fingerprint density at radius 1 is 1.16 bits per heavy atom. The normalized spacial score (nSPS) is 27.7. The van der Waals surface area contributed by atoms with Gasteiger partial charge in [-0.05, 0) is 25.5 Å². The van der Waals surface area contributed by atoms with E-state index in [0.717, 1.165) is 68.0 Å². The van der Waals surface area contributed by atoms with E-state index in [0.29, 0.717) is 19.4 Å². The molecule has 32 heavy (non-hydrogen) atoms. The summed E-state index contributed by atoms with van der Waals surface area (Å²) in [4.78, 5) is 28.7. The van der Waals surface area contributed by atoms with Crippen LogP contribution in [0, 0.1) is 5.92 Å². The fourth-order valence-electron chi connectivity index (χ4n) is 5.39. The number of hydrogen-bond acceptors (Lipinski definition) is 6. The Kier molecular flexibility index (Phi) is 5.86. The van der Waals surface area contributed by atoms with Crippen LogP contribution in [-0.2, 0) is 16.6 Å². The highest BCUT2D eigenvalue weighted by atomic mass is 19.1. The first-order chi connectivity index (χ1) is 15.5.